The Balaban J connectivity index is 3.29. The lowest BCUT2D eigenvalue weighted by Crippen LogP contribution is -2.36. The number of nitrogens with one attached hydrogen (secondary N) is 1. The monoisotopic (exact) mass is 316 g/mol. The lowest BCUT2D eigenvalue weighted by molar-refractivity contribution is 0.0690. The summed E-state index contributed by atoms with van der Waals surface area (Å²) in [5, 5.41) is 9.10. The molecule has 120 valence electrons. The first-order chi connectivity index (χ1) is 9.50. The van der Waals surface area contributed by atoms with E-state index in [9.17, 15) is 13.2 Å². The number of hydrogen-bond donors (Lipinski definition) is 2. The highest BCUT2D eigenvalue weighted by Crippen LogP contribution is 2.27. The van der Waals surface area contributed by atoms with Gasteiger partial charge in [-0.05, 0) is 33.1 Å². The Morgan fingerprint density at radius 1 is 1.29 bits per heavy atom. The van der Waals surface area contributed by atoms with Crippen LogP contribution in [0.1, 0.15) is 48.9 Å². The molecular formula is C14H24N2O4S. The molecule has 0 spiro atoms. The van der Waals surface area contributed by atoms with E-state index in [1.807, 2.05) is 20.8 Å². The first-order valence-electron chi connectivity index (χ1n) is 6.90. The van der Waals surface area contributed by atoms with Gasteiger partial charge in [-0.2, -0.15) is 4.31 Å². The fraction of sp³-hybridized carbons (Fsp3) is 0.643. The van der Waals surface area contributed by atoms with Gasteiger partial charge in [0.05, 0.1) is 0 Å². The molecule has 21 heavy (non-hydrogen) atoms. The average molecular weight is 316 g/mol. The van der Waals surface area contributed by atoms with Crippen LogP contribution in [0.3, 0.4) is 0 Å². The number of nitrogens with zero attached hydrogens (tertiary/aromatic N) is 1. The van der Waals surface area contributed by atoms with E-state index in [4.69, 9.17) is 5.11 Å². The van der Waals surface area contributed by atoms with Crippen molar-refractivity contribution < 1.29 is 18.3 Å². The van der Waals surface area contributed by atoms with Gasteiger partial charge in [0.2, 0.25) is 10.0 Å². The molecule has 0 aromatic carbocycles. The zero-order chi connectivity index (χ0) is 16.5. The van der Waals surface area contributed by atoms with Crippen LogP contribution >= 0.6 is 0 Å². The normalized spacial score (nSPS) is 13.9. The van der Waals surface area contributed by atoms with Crippen LogP contribution in [0.5, 0.6) is 0 Å². The second-order valence-corrected chi connectivity index (χ2v) is 7.82. The van der Waals surface area contributed by atoms with E-state index >= 15 is 0 Å². The van der Waals surface area contributed by atoms with Crippen molar-refractivity contribution in [3.63, 3.8) is 0 Å². The summed E-state index contributed by atoms with van der Waals surface area (Å²) in [6.45, 7) is 9.01. The standard InChI is InChI=1S/C14H24N2O4S/c1-8(2)7-9(3)16(6)21(19,20)13-10(4)12(14(17)18)15-11(13)5/h8-9,15H,7H2,1-6H3,(H,17,18). The topological polar surface area (TPSA) is 90.5 Å². The van der Waals surface area contributed by atoms with Crippen molar-refractivity contribution in [1.82, 2.24) is 9.29 Å². The Morgan fingerprint density at radius 2 is 1.81 bits per heavy atom. The molecule has 1 heterocycles. The highest BCUT2D eigenvalue weighted by molar-refractivity contribution is 7.89. The van der Waals surface area contributed by atoms with Crippen LogP contribution in [0.4, 0.5) is 0 Å². The third kappa shape index (κ3) is 3.47. The molecule has 0 fully saturated rings. The molecule has 1 aromatic heterocycles. The van der Waals surface area contributed by atoms with Gasteiger partial charge in [0.15, 0.2) is 0 Å². The molecule has 0 amide bonds. The quantitative estimate of drug-likeness (QED) is 0.843. The first-order valence-corrected chi connectivity index (χ1v) is 8.34. The summed E-state index contributed by atoms with van der Waals surface area (Å²) in [7, 11) is -2.18. The molecule has 1 atom stereocenters. The molecule has 2 N–H and O–H groups in total. The summed E-state index contributed by atoms with van der Waals surface area (Å²) in [5.74, 6) is -0.782. The molecule has 0 aliphatic heterocycles. The Morgan fingerprint density at radius 3 is 2.19 bits per heavy atom. The Kier molecular flexibility index (Phi) is 5.22. The van der Waals surface area contributed by atoms with Gasteiger partial charge < -0.3 is 10.1 Å². The van der Waals surface area contributed by atoms with E-state index in [1.54, 1.807) is 6.92 Å². The molecule has 0 aliphatic carbocycles. The second-order valence-electron chi connectivity index (χ2n) is 5.88. The molecule has 0 saturated heterocycles. The number of hydrogen-bond acceptors (Lipinski definition) is 3. The SMILES string of the molecule is Cc1[nH]c(C(=O)O)c(C)c1S(=O)(=O)N(C)C(C)CC(C)C. The summed E-state index contributed by atoms with van der Waals surface area (Å²) >= 11 is 0. The van der Waals surface area contributed by atoms with Crippen molar-refractivity contribution in [2.45, 2.75) is 52.0 Å². The Bertz CT molecular complexity index is 632. The van der Waals surface area contributed by atoms with E-state index in [0.717, 1.165) is 6.42 Å². The molecule has 7 heteroatoms. The zero-order valence-corrected chi connectivity index (χ0v) is 14.2. The van der Waals surface area contributed by atoms with Gasteiger partial charge in [-0.1, -0.05) is 13.8 Å². The fourth-order valence-corrected chi connectivity index (χ4v) is 4.32. The van der Waals surface area contributed by atoms with E-state index in [1.165, 1.54) is 18.3 Å². The second kappa shape index (κ2) is 6.19. The van der Waals surface area contributed by atoms with Crippen LogP contribution < -0.4 is 0 Å². The number of carboxylic acid groups (broad SMARTS) is 1. The van der Waals surface area contributed by atoms with Gasteiger partial charge in [0, 0.05) is 24.3 Å². The Labute approximate surface area is 126 Å². The van der Waals surface area contributed by atoms with Gasteiger partial charge in [-0.15, -0.1) is 0 Å². The van der Waals surface area contributed by atoms with Crippen molar-refractivity contribution in [3.8, 4) is 0 Å². The fourth-order valence-electron chi connectivity index (χ4n) is 2.55. The van der Waals surface area contributed by atoms with Gasteiger partial charge in [-0.25, -0.2) is 13.2 Å². The van der Waals surface area contributed by atoms with Gasteiger partial charge in [-0.3, -0.25) is 0 Å². The highest BCUT2D eigenvalue weighted by Gasteiger charge is 2.32. The molecule has 1 unspecified atom stereocenters. The minimum Gasteiger partial charge on any atom is -0.477 e. The van der Waals surface area contributed by atoms with Crippen LogP contribution in [0, 0.1) is 19.8 Å². The molecule has 0 saturated carbocycles. The minimum absolute atomic E-state index is 0.0676. The van der Waals surface area contributed by atoms with Crippen molar-refractivity contribution >= 4 is 16.0 Å². The van der Waals surface area contributed by atoms with Crippen molar-refractivity contribution in [2.24, 2.45) is 5.92 Å². The van der Waals surface area contributed by atoms with Crippen molar-refractivity contribution in [3.05, 3.63) is 17.0 Å². The maximum absolute atomic E-state index is 12.7. The number of aromatic amines is 1. The molecule has 0 aliphatic rings. The number of rotatable bonds is 6. The average Bonchev–Trinajstić information content (AvgIpc) is 2.63. The number of carboxylic acids is 1. The van der Waals surface area contributed by atoms with Gasteiger partial charge in [0.25, 0.3) is 0 Å². The third-order valence-electron chi connectivity index (χ3n) is 3.65. The van der Waals surface area contributed by atoms with Crippen LogP contribution in [0.25, 0.3) is 0 Å². The lowest BCUT2D eigenvalue weighted by Gasteiger charge is -2.26. The largest absolute Gasteiger partial charge is 0.477 e. The number of aromatic carboxylic acids is 1. The van der Waals surface area contributed by atoms with E-state index in [2.05, 4.69) is 4.98 Å². The number of aryl methyl sites for hydroxylation is 1. The maximum atomic E-state index is 12.7. The number of carbonyl (C=O) groups is 1. The summed E-state index contributed by atoms with van der Waals surface area (Å²) in [4.78, 5) is 13.8. The maximum Gasteiger partial charge on any atom is 0.352 e. The predicted molar refractivity (Wildman–Crippen MR) is 81.1 cm³/mol. The van der Waals surface area contributed by atoms with Crippen LogP contribution in [-0.4, -0.2) is 41.9 Å². The minimum atomic E-state index is -3.72. The Hall–Kier alpha value is -1.34. The van der Waals surface area contributed by atoms with Crippen molar-refractivity contribution in [2.75, 3.05) is 7.05 Å². The zero-order valence-electron chi connectivity index (χ0n) is 13.4. The molecular weight excluding hydrogens is 292 g/mol. The van der Waals surface area contributed by atoms with E-state index in [-0.39, 0.29) is 22.2 Å². The van der Waals surface area contributed by atoms with Gasteiger partial charge >= 0.3 is 5.97 Å². The lowest BCUT2D eigenvalue weighted by atomic mass is 10.1. The molecule has 0 bridgehead atoms. The molecule has 1 aromatic rings. The summed E-state index contributed by atoms with van der Waals surface area (Å²) < 4.78 is 26.8. The number of sulfonamides is 1. The summed E-state index contributed by atoms with van der Waals surface area (Å²) in [6.07, 6.45) is 0.740. The van der Waals surface area contributed by atoms with Crippen LogP contribution in [-0.2, 0) is 10.0 Å². The van der Waals surface area contributed by atoms with E-state index in [0.29, 0.717) is 11.6 Å². The smallest absolute Gasteiger partial charge is 0.352 e. The molecule has 1 rings (SSSR count). The summed E-state index contributed by atoms with van der Waals surface area (Å²) in [6, 6.07) is -0.156. The third-order valence-corrected chi connectivity index (χ3v) is 5.90. The molecule has 0 radical (unpaired) electrons. The van der Waals surface area contributed by atoms with Crippen LogP contribution in [0.15, 0.2) is 4.90 Å². The van der Waals surface area contributed by atoms with Crippen molar-refractivity contribution in [1.29, 1.82) is 0 Å². The number of H-pyrrole nitrogens is 1. The van der Waals surface area contributed by atoms with Crippen LogP contribution in [0.2, 0.25) is 0 Å². The first kappa shape index (κ1) is 17.7. The van der Waals surface area contributed by atoms with E-state index < -0.39 is 16.0 Å². The van der Waals surface area contributed by atoms with Gasteiger partial charge in [0.1, 0.15) is 10.6 Å². The highest BCUT2D eigenvalue weighted by atomic mass is 32.2. The summed E-state index contributed by atoms with van der Waals surface area (Å²) in [5.41, 5.74) is 0.535. The molecule has 6 nitrogen and oxygen atoms in total. The number of aromatic nitrogens is 1. The predicted octanol–water partition coefficient (Wildman–Crippen LogP) is 2.38.